The van der Waals surface area contributed by atoms with Gasteiger partial charge in [-0.05, 0) is 80.3 Å². The van der Waals surface area contributed by atoms with Crippen LogP contribution in [0.2, 0.25) is 0 Å². The molecule has 35 heavy (non-hydrogen) atoms. The Morgan fingerprint density at radius 2 is 1.63 bits per heavy atom. The van der Waals surface area contributed by atoms with Gasteiger partial charge in [0.05, 0.1) is 13.2 Å². The molecule has 0 bridgehead atoms. The molecule has 196 valence electrons. The first-order valence-electron chi connectivity index (χ1n) is 13.6. The molecule has 1 saturated heterocycles. The van der Waals surface area contributed by atoms with Crippen molar-refractivity contribution in [3.63, 3.8) is 0 Å². The van der Waals surface area contributed by atoms with Crippen LogP contribution >= 0.6 is 0 Å². The molecule has 1 fully saturated rings. The molecule has 2 aliphatic rings. The lowest BCUT2D eigenvalue weighted by molar-refractivity contribution is 0.0929. The normalized spacial score (nSPS) is 16.6. The molecule has 2 aromatic carbocycles. The molecule has 2 aliphatic heterocycles. The van der Waals surface area contributed by atoms with Gasteiger partial charge < -0.3 is 9.64 Å². The number of likely N-dealkylation sites (tertiary alicyclic amines) is 1. The number of carbonyl (C=O) groups is 1. The minimum atomic E-state index is -0.220. The van der Waals surface area contributed by atoms with Gasteiger partial charge in [-0.15, -0.1) is 0 Å². The highest BCUT2D eigenvalue weighted by molar-refractivity contribution is 5.97. The fraction of sp³-hybridized carbons (Fsp3) is 0.567. The second-order valence-corrected chi connectivity index (χ2v) is 8.23. The van der Waals surface area contributed by atoms with Crippen molar-refractivity contribution in [3.8, 4) is 5.75 Å². The fourth-order valence-electron chi connectivity index (χ4n) is 4.36. The first kappa shape index (κ1) is 30.8. The van der Waals surface area contributed by atoms with Crippen LogP contribution in [0.15, 0.2) is 42.5 Å². The highest BCUT2D eigenvalue weighted by Crippen LogP contribution is 2.24. The van der Waals surface area contributed by atoms with E-state index in [2.05, 4.69) is 16.7 Å². The largest absolute Gasteiger partial charge is 0.494 e. The van der Waals surface area contributed by atoms with Gasteiger partial charge in [-0.2, -0.15) is 0 Å². The van der Waals surface area contributed by atoms with E-state index in [0.717, 1.165) is 29.8 Å². The van der Waals surface area contributed by atoms with Crippen molar-refractivity contribution in [1.29, 1.82) is 0 Å². The van der Waals surface area contributed by atoms with Crippen LogP contribution in [0.3, 0.4) is 0 Å². The molecule has 5 heteroatoms. The number of carbonyl (C=O) groups excluding carboxylic acids is 1. The third-order valence-corrected chi connectivity index (χ3v) is 6.05. The Morgan fingerprint density at radius 1 is 0.971 bits per heavy atom. The summed E-state index contributed by atoms with van der Waals surface area (Å²) < 4.78 is 19.2. The number of hydrogen-bond donors (Lipinski definition) is 0. The number of fused-ring (bicyclic) bond motifs is 1. The van der Waals surface area contributed by atoms with Gasteiger partial charge in [0, 0.05) is 31.2 Å². The Kier molecular flexibility index (Phi) is 15.2. The number of nitrogens with zero attached hydrogens (tertiary/aromatic N) is 2. The van der Waals surface area contributed by atoms with Crippen LogP contribution in [-0.2, 0) is 13.1 Å². The number of hydrogen-bond acceptors (Lipinski definition) is 4. The standard InChI is InChI=1S/C24H29FN2O2.3C2H6/c1-18-4-2-11-27(18)12-3-13-29-23-9-6-19(7-10-23)24(28)17-26-15-20-5-8-22(25)14-21(20)16-26;3*1-2/h5-10,14,18H,2-4,11-13,15-17H2,1H3;3*1-2H3/t18-;;;/m1.../s1. The highest BCUT2D eigenvalue weighted by Gasteiger charge is 2.22. The van der Waals surface area contributed by atoms with Crippen LogP contribution in [0.1, 0.15) is 89.2 Å². The molecule has 0 radical (unpaired) electrons. The van der Waals surface area contributed by atoms with Gasteiger partial charge in [-0.25, -0.2) is 4.39 Å². The van der Waals surface area contributed by atoms with E-state index in [1.807, 2.05) is 71.9 Å². The lowest BCUT2D eigenvalue weighted by Crippen LogP contribution is -2.28. The average Bonchev–Trinajstić information content (AvgIpc) is 3.50. The second-order valence-electron chi connectivity index (χ2n) is 8.23. The van der Waals surface area contributed by atoms with E-state index in [-0.39, 0.29) is 11.6 Å². The first-order valence-corrected chi connectivity index (χ1v) is 13.6. The van der Waals surface area contributed by atoms with Gasteiger partial charge in [0.2, 0.25) is 0 Å². The SMILES string of the molecule is CC.CC.CC.C[C@@H]1CCCN1CCCOc1ccc(C(=O)CN2Cc3ccc(F)cc3C2)cc1. The van der Waals surface area contributed by atoms with Crippen molar-refractivity contribution >= 4 is 5.78 Å². The zero-order valence-electron chi connectivity index (χ0n) is 23.1. The van der Waals surface area contributed by atoms with Crippen molar-refractivity contribution in [2.45, 2.75) is 86.9 Å². The monoisotopic (exact) mass is 486 g/mol. The zero-order valence-corrected chi connectivity index (χ0v) is 23.1. The summed E-state index contributed by atoms with van der Waals surface area (Å²) >= 11 is 0. The van der Waals surface area contributed by atoms with E-state index in [9.17, 15) is 9.18 Å². The van der Waals surface area contributed by atoms with Gasteiger partial charge in [0.1, 0.15) is 11.6 Å². The van der Waals surface area contributed by atoms with Crippen molar-refractivity contribution in [1.82, 2.24) is 9.80 Å². The minimum Gasteiger partial charge on any atom is -0.494 e. The third-order valence-electron chi connectivity index (χ3n) is 6.05. The van der Waals surface area contributed by atoms with Crippen LogP contribution in [0, 0.1) is 5.82 Å². The summed E-state index contributed by atoms with van der Waals surface area (Å²) in [6.45, 7) is 18.9. The predicted octanol–water partition coefficient (Wildman–Crippen LogP) is 7.36. The predicted molar refractivity (Wildman–Crippen MR) is 146 cm³/mol. The minimum absolute atomic E-state index is 0.0767. The van der Waals surface area contributed by atoms with E-state index in [1.165, 1.54) is 25.5 Å². The van der Waals surface area contributed by atoms with Crippen molar-refractivity contribution < 1.29 is 13.9 Å². The Balaban J connectivity index is 0.000000949. The van der Waals surface area contributed by atoms with Crippen LogP contribution in [-0.4, -0.2) is 47.9 Å². The highest BCUT2D eigenvalue weighted by atomic mass is 19.1. The summed E-state index contributed by atoms with van der Waals surface area (Å²) in [7, 11) is 0. The molecule has 0 saturated carbocycles. The van der Waals surface area contributed by atoms with E-state index in [4.69, 9.17) is 4.74 Å². The molecule has 4 rings (SSSR count). The van der Waals surface area contributed by atoms with Crippen LogP contribution in [0.4, 0.5) is 4.39 Å². The summed E-state index contributed by atoms with van der Waals surface area (Å²) in [5, 5.41) is 0. The van der Waals surface area contributed by atoms with Gasteiger partial charge in [-0.1, -0.05) is 47.6 Å². The van der Waals surface area contributed by atoms with Crippen molar-refractivity contribution in [2.75, 3.05) is 26.2 Å². The quantitative estimate of drug-likeness (QED) is 0.288. The third kappa shape index (κ3) is 9.73. The first-order chi connectivity index (χ1) is 17.1. The summed E-state index contributed by atoms with van der Waals surface area (Å²) in [6.07, 6.45) is 3.62. The Morgan fingerprint density at radius 3 is 2.26 bits per heavy atom. The smallest absolute Gasteiger partial charge is 0.176 e. The van der Waals surface area contributed by atoms with Gasteiger partial charge >= 0.3 is 0 Å². The number of ketones is 1. The topological polar surface area (TPSA) is 32.8 Å². The number of halogens is 1. The van der Waals surface area contributed by atoms with Crippen molar-refractivity contribution in [2.24, 2.45) is 0 Å². The van der Waals surface area contributed by atoms with E-state index >= 15 is 0 Å². The molecular weight excluding hydrogens is 439 g/mol. The van der Waals surface area contributed by atoms with Crippen LogP contribution in [0.25, 0.3) is 0 Å². The molecule has 0 unspecified atom stereocenters. The maximum atomic E-state index is 13.4. The Bertz CT molecular complexity index is 854. The summed E-state index contributed by atoms with van der Waals surface area (Å²) in [5.74, 6) is 0.662. The maximum absolute atomic E-state index is 13.4. The van der Waals surface area contributed by atoms with Crippen molar-refractivity contribution in [3.05, 3.63) is 65.0 Å². The molecule has 0 spiro atoms. The fourth-order valence-corrected chi connectivity index (χ4v) is 4.36. The molecular formula is C30H47FN2O2. The number of benzene rings is 2. The van der Waals surface area contributed by atoms with Gasteiger partial charge in [0.25, 0.3) is 0 Å². The molecule has 1 atom stereocenters. The van der Waals surface area contributed by atoms with Gasteiger partial charge in [-0.3, -0.25) is 9.69 Å². The van der Waals surface area contributed by atoms with Crippen LogP contribution < -0.4 is 4.74 Å². The molecule has 2 aromatic rings. The molecule has 0 amide bonds. The number of ether oxygens (including phenoxy) is 1. The Labute approximate surface area is 213 Å². The maximum Gasteiger partial charge on any atom is 0.176 e. The lowest BCUT2D eigenvalue weighted by atomic mass is 10.1. The van der Waals surface area contributed by atoms with Crippen LogP contribution in [0.5, 0.6) is 5.75 Å². The van der Waals surface area contributed by atoms with E-state index in [1.54, 1.807) is 6.07 Å². The number of rotatable bonds is 8. The summed E-state index contributed by atoms with van der Waals surface area (Å²) in [6, 6.07) is 13.0. The second kappa shape index (κ2) is 17.2. The lowest BCUT2D eigenvalue weighted by Gasteiger charge is -2.20. The molecule has 4 nitrogen and oxygen atoms in total. The number of Topliss-reactive ketones (excluding diaryl/α,β-unsaturated/α-hetero) is 1. The average molecular weight is 487 g/mol. The Hall–Kier alpha value is -2.24. The van der Waals surface area contributed by atoms with Gasteiger partial charge in [0.15, 0.2) is 5.78 Å². The van der Waals surface area contributed by atoms with E-state index in [0.29, 0.717) is 37.8 Å². The zero-order chi connectivity index (χ0) is 26.2. The summed E-state index contributed by atoms with van der Waals surface area (Å²) in [4.78, 5) is 17.2. The summed E-state index contributed by atoms with van der Waals surface area (Å²) in [5.41, 5.74) is 2.77. The molecule has 0 aromatic heterocycles. The van der Waals surface area contributed by atoms with E-state index < -0.39 is 0 Å². The molecule has 0 aliphatic carbocycles. The molecule has 2 heterocycles. The molecule has 0 N–H and O–H groups in total.